The van der Waals surface area contributed by atoms with Crippen molar-refractivity contribution in [2.75, 3.05) is 0 Å². The van der Waals surface area contributed by atoms with Gasteiger partial charge in [-0.1, -0.05) is 33.1 Å². The standard InChI is InChI=1S/C14H25N3/c1-11(2)14(15)10-12-8-9-17(16-12)13-6-4-3-5-7-13/h8-9,11,13-14H,3-7,10,15H2,1-2H3. The summed E-state index contributed by atoms with van der Waals surface area (Å²) in [5.74, 6) is 0.523. The average molecular weight is 235 g/mol. The smallest absolute Gasteiger partial charge is 0.0640 e. The van der Waals surface area contributed by atoms with E-state index in [1.54, 1.807) is 0 Å². The number of aromatic nitrogens is 2. The van der Waals surface area contributed by atoms with Gasteiger partial charge < -0.3 is 5.73 Å². The Labute approximate surface area is 104 Å². The number of hydrogen-bond acceptors (Lipinski definition) is 2. The molecule has 1 atom stereocenters. The summed E-state index contributed by atoms with van der Waals surface area (Å²) in [5, 5.41) is 4.69. The second-order valence-electron chi connectivity index (χ2n) is 5.69. The maximum Gasteiger partial charge on any atom is 0.0640 e. The van der Waals surface area contributed by atoms with E-state index in [1.807, 2.05) is 0 Å². The Bertz CT molecular complexity index is 337. The SMILES string of the molecule is CC(C)C(N)Cc1ccn(C2CCCCC2)n1. The Morgan fingerprint density at radius 2 is 2.06 bits per heavy atom. The predicted octanol–water partition coefficient (Wildman–Crippen LogP) is 2.91. The van der Waals surface area contributed by atoms with Crippen LogP contribution < -0.4 is 5.73 Å². The predicted molar refractivity (Wildman–Crippen MR) is 70.9 cm³/mol. The molecule has 0 amide bonds. The van der Waals surface area contributed by atoms with Crippen molar-refractivity contribution in [3.63, 3.8) is 0 Å². The highest BCUT2D eigenvalue weighted by Crippen LogP contribution is 2.27. The Kier molecular flexibility index (Phi) is 4.21. The molecule has 1 unspecified atom stereocenters. The molecule has 1 saturated carbocycles. The van der Waals surface area contributed by atoms with Crippen molar-refractivity contribution in [2.45, 2.75) is 64.5 Å². The average Bonchev–Trinajstić information content (AvgIpc) is 2.78. The second kappa shape index (κ2) is 5.67. The van der Waals surface area contributed by atoms with Gasteiger partial charge in [-0.2, -0.15) is 5.10 Å². The van der Waals surface area contributed by atoms with Crippen LogP contribution in [0.3, 0.4) is 0 Å². The van der Waals surface area contributed by atoms with Crippen molar-refractivity contribution in [1.29, 1.82) is 0 Å². The molecule has 0 bridgehead atoms. The van der Waals surface area contributed by atoms with Gasteiger partial charge in [0, 0.05) is 18.7 Å². The zero-order valence-corrected chi connectivity index (χ0v) is 11.1. The summed E-state index contributed by atoms with van der Waals surface area (Å²) in [6, 6.07) is 2.99. The number of rotatable bonds is 4. The van der Waals surface area contributed by atoms with Crippen LogP contribution in [0.2, 0.25) is 0 Å². The van der Waals surface area contributed by atoms with Gasteiger partial charge in [0.1, 0.15) is 0 Å². The van der Waals surface area contributed by atoms with E-state index in [9.17, 15) is 0 Å². The molecule has 2 rings (SSSR count). The molecule has 1 fully saturated rings. The number of nitrogens with two attached hydrogens (primary N) is 1. The second-order valence-corrected chi connectivity index (χ2v) is 5.69. The van der Waals surface area contributed by atoms with E-state index in [4.69, 9.17) is 10.8 Å². The fraction of sp³-hybridized carbons (Fsp3) is 0.786. The fourth-order valence-electron chi connectivity index (χ4n) is 2.51. The molecule has 1 aliphatic carbocycles. The maximum absolute atomic E-state index is 6.09. The van der Waals surface area contributed by atoms with Gasteiger partial charge in [0.2, 0.25) is 0 Å². The van der Waals surface area contributed by atoms with E-state index in [0.29, 0.717) is 12.0 Å². The maximum atomic E-state index is 6.09. The lowest BCUT2D eigenvalue weighted by Gasteiger charge is -2.22. The van der Waals surface area contributed by atoms with E-state index in [-0.39, 0.29) is 6.04 Å². The highest BCUT2D eigenvalue weighted by Gasteiger charge is 2.17. The largest absolute Gasteiger partial charge is 0.327 e. The topological polar surface area (TPSA) is 43.8 Å². The van der Waals surface area contributed by atoms with Crippen LogP contribution in [0.25, 0.3) is 0 Å². The zero-order valence-electron chi connectivity index (χ0n) is 11.1. The number of nitrogens with zero attached hydrogens (tertiary/aromatic N) is 2. The summed E-state index contributed by atoms with van der Waals surface area (Å²) in [5.41, 5.74) is 7.24. The molecule has 0 aliphatic heterocycles. The van der Waals surface area contributed by atoms with Gasteiger partial charge in [-0.3, -0.25) is 4.68 Å². The summed E-state index contributed by atoms with van der Waals surface area (Å²) in [6.07, 6.45) is 9.71. The molecule has 3 heteroatoms. The van der Waals surface area contributed by atoms with Gasteiger partial charge >= 0.3 is 0 Å². The summed E-state index contributed by atoms with van der Waals surface area (Å²) in [7, 11) is 0. The van der Waals surface area contributed by atoms with Crippen LogP contribution in [0, 0.1) is 5.92 Å². The molecule has 1 aromatic heterocycles. The first-order valence-corrected chi connectivity index (χ1v) is 6.96. The van der Waals surface area contributed by atoms with Crippen LogP contribution in [0.5, 0.6) is 0 Å². The molecule has 2 N–H and O–H groups in total. The third-order valence-corrected chi connectivity index (χ3v) is 3.91. The number of hydrogen-bond donors (Lipinski definition) is 1. The monoisotopic (exact) mass is 235 g/mol. The van der Waals surface area contributed by atoms with E-state index in [2.05, 4.69) is 30.8 Å². The first kappa shape index (κ1) is 12.6. The highest BCUT2D eigenvalue weighted by molar-refractivity contribution is 5.02. The summed E-state index contributed by atoms with van der Waals surface area (Å²) < 4.78 is 2.17. The van der Waals surface area contributed by atoms with Gasteiger partial charge in [0.05, 0.1) is 11.7 Å². The van der Waals surface area contributed by atoms with Crippen LogP contribution >= 0.6 is 0 Å². The van der Waals surface area contributed by atoms with Crippen LogP contribution in [0.15, 0.2) is 12.3 Å². The summed E-state index contributed by atoms with van der Waals surface area (Å²) >= 11 is 0. The van der Waals surface area contributed by atoms with Gasteiger partial charge in [-0.15, -0.1) is 0 Å². The fourth-order valence-corrected chi connectivity index (χ4v) is 2.51. The van der Waals surface area contributed by atoms with Crippen molar-refractivity contribution in [1.82, 2.24) is 9.78 Å². The van der Waals surface area contributed by atoms with E-state index >= 15 is 0 Å². The van der Waals surface area contributed by atoms with Crippen molar-refractivity contribution >= 4 is 0 Å². The minimum absolute atomic E-state index is 0.227. The lowest BCUT2D eigenvalue weighted by atomic mass is 9.96. The van der Waals surface area contributed by atoms with Crippen molar-refractivity contribution in [3.05, 3.63) is 18.0 Å². The van der Waals surface area contributed by atoms with E-state index in [0.717, 1.165) is 12.1 Å². The van der Waals surface area contributed by atoms with Gasteiger partial charge in [-0.25, -0.2) is 0 Å². The molecule has 17 heavy (non-hydrogen) atoms. The molecule has 1 aromatic rings. The van der Waals surface area contributed by atoms with Crippen LogP contribution in [0.4, 0.5) is 0 Å². The van der Waals surface area contributed by atoms with E-state index < -0.39 is 0 Å². The van der Waals surface area contributed by atoms with Gasteiger partial charge in [0.25, 0.3) is 0 Å². The van der Waals surface area contributed by atoms with Crippen molar-refractivity contribution in [2.24, 2.45) is 11.7 Å². The Morgan fingerprint density at radius 3 is 2.71 bits per heavy atom. The Morgan fingerprint density at radius 1 is 1.35 bits per heavy atom. The Hall–Kier alpha value is -0.830. The zero-order chi connectivity index (χ0) is 12.3. The molecule has 0 spiro atoms. The van der Waals surface area contributed by atoms with Gasteiger partial charge in [0.15, 0.2) is 0 Å². The van der Waals surface area contributed by atoms with E-state index in [1.165, 1.54) is 32.1 Å². The van der Waals surface area contributed by atoms with Crippen LogP contribution in [-0.2, 0) is 6.42 Å². The molecule has 0 radical (unpaired) electrons. The minimum atomic E-state index is 0.227. The quantitative estimate of drug-likeness (QED) is 0.872. The molecule has 3 nitrogen and oxygen atoms in total. The Balaban J connectivity index is 1.95. The lowest BCUT2D eigenvalue weighted by molar-refractivity contribution is 0.327. The molecule has 1 aliphatic rings. The molecule has 0 saturated heterocycles. The van der Waals surface area contributed by atoms with Gasteiger partial charge in [-0.05, 0) is 24.8 Å². The highest BCUT2D eigenvalue weighted by atomic mass is 15.3. The van der Waals surface area contributed by atoms with Crippen molar-refractivity contribution < 1.29 is 0 Å². The first-order chi connectivity index (χ1) is 8.16. The summed E-state index contributed by atoms with van der Waals surface area (Å²) in [6.45, 7) is 4.34. The molecule has 96 valence electrons. The first-order valence-electron chi connectivity index (χ1n) is 6.96. The third-order valence-electron chi connectivity index (χ3n) is 3.91. The van der Waals surface area contributed by atoms with Crippen molar-refractivity contribution in [3.8, 4) is 0 Å². The molecule has 0 aromatic carbocycles. The molecular formula is C14H25N3. The van der Waals surface area contributed by atoms with Crippen LogP contribution in [-0.4, -0.2) is 15.8 Å². The normalized spacial score (nSPS) is 19.8. The third kappa shape index (κ3) is 3.32. The lowest BCUT2D eigenvalue weighted by Crippen LogP contribution is -2.29. The molecular weight excluding hydrogens is 210 g/mol. The summed E-state index contributed by atoms with van der Waals surface area (Å²) in [4.78, 5) is 0. The molecule has 1 heterocycles. The van der Waals surface area contributed by atoms with Crippen LogP contribution in [0.1, 0.15) is 57.7 Å². The minimum Gasteiger partial charge on any atom is -0.327 e.